The molecule has 0 heterocycles. The lowest BCUT2D eigenvalue weighted by Gasteiger charge is -2.16. The Morgan fingerprint density at radius 2 is 2.12 bits per heavy atom. The highest BCUT2D eigenvalue weighted by molar-refractivity contribution is 6.31. The van der Waals surface area contributed by atoms with Gasteiger partial charge >= 0.3 is 5.97 Å². The smallest absolute Gasteiger partial charge is 0.337 e. The lowest BCUT2D eigenvalue weighted by atomic mass is 9.91. The SMILES string of the molecule is CCCC(CC)c1ccc(C(=O)OC)cc1Cl. The molecule has 0 spiro atoms. The highest BCUT2D eigenvalue weighted by Gasteiger charge is 2.14. The summed E-state index contributed by atoms with van der Waals surface area (Å²) in [5, 5.41) is 0.660. The first-order valence-corrected chi connectivity index (χ1v) is 6.39. The first-order chi connectivity index (χ1) is 8.13. The van der Waals surface area contributed by atoms with E-state index in [1.54, 1.807) is 12.1 Å². The molecule has 0 saturated carbocycles. The molecule has 1 atom stereocenters. The van der Waals surface area contributed by atoms with Gasteiger partial charge in [0.15, 0.2) is 0 Å². The number of carbonyl (C=O) groups excluding carboxylic acids is 1. The Bertz CT molecular complexity index is 388. The van der Waals surface area contributed by atoms with Crippen molar-refractivity contribution in [2.45, 2.75) is 39.0 Å². The van der Waals surface area contributed by atoms with Crippen molar-refractivity contribution in [2.75, 3.05) is 7.11 Å². The van der Waals surface area contributed by atoms with E-state index in [0.717, 1.165) is 24.8 Å². The fraction of sp³-hybridized carbons (Fsp3) is 0.500. The Balaban J connectivity index is 2.99. The summed E-state index contributed by atoms with van der Waals surface area (Å²) in [5.74, 6) is 0.126. The summed E-state index contributed by atoms with van der Waals surface area (Å²) in [5.41, 5.74) is 1.64. The fourth-order valence-electron chi connectivity index (χ4n) is 2.03. The molecule has 0 radical (unpaired) electrons. The maximum Gasteiger partial charge on any atom is 0.337 e. The van der Waals surface area contributed by atoms with Crippen LogP contribution in [0.5, 0.6) is 0 Å². The Morgan fingerprint density at radius 1 is 1.41 bits per heavy atom. The number of ether oxygens (including phenoxy) is 1. The molecule has 1 aromatic carbocycles. The molecular formula is C14H19ClO2. The van der Waals surface area contributed by atoms with Crippen LogP contribution in [0, 0.1) is 0 Å². The molecular weight excluding hydrogens is 236 g/mol. The van der Waals surface area contributed by atoms with Crippen LogP contribution in [-0.4, -0.2) is 13.1 Å². The average molecular weight is 255 g/mol. The topological polar surface area (TPSA) is 26.3 Å². The number of benzene rings is 1. The van der Waals surface area contributed by atoms with Crippen LogP contribution in [0.25, 0.3) is 0 Å². The summed E-state index contributed by atoms with van der Waals surface area (Å²) < 4.78 is 4.67. The zero-order valence-electron chi connectivity index (χ0n) is 10.6. The van der Waals surface area contributed by atoms with Crippen LogP contribution in [0.4, 0.5) is 0 Å². The monoisotopic (exact) mass is 254 g/mol. The molecule has 94 valence electrons. The van der Waals surface area contributed by atoms with Crippen LogP contribution in [0.2, 0.25) is 5.02 Å². The van der Waals surface area contributed by atoms with Gasteiger partial charge in [0.05, 0.1) is 12.7 Å². The Morgan fingerprint density at radius 3 is 2.59 bits per heavy atom. The predicted molar refractivity (Wildman–Crippen MR) is 70.7 cm³/mol. The van der Waals surface area contributed by atoms with Crippen molar-refractivity contribution in [2.24, 2.45) is 0 Å². The van der Waals surface area contributed by atoms with Crippen molar-refractivity contribution in [3.63, 3.8) is 0 Å². The van der Waals surface area contributed by atoms with Crippen LogP contribution in [0.15, 0.2) is 18.2 Å². The van der Waals surface area contributed by atoms with E-state index in [0.29, 0.717) is 16.5 Å². The molecule has 17 heavy (non-hydrogen) atoms. The lowest BCUT2D eigenvalue weighted by Crippen LogP contribution is -2.03. The van der Waals surface area contributed by atoms with Crippen molar-refractivity contribution in [3.8, 4) is 0 Å². The van der Waals surface area contributed by atoms with E-state index >= 15 is 0 Å². The van der Waals surface area contributed by atoms with E-state index in [1.165, 1.54) is 7.11 Å². The van der Waals surface area contributed by atoms with E-state index in [9.17, 15) is 4.79 Å². The van der Waals surface area contributed by atoms with Crippen LogP contribution in [0.1, 0.15) is 54.9 Å². The second-order valence-corrected chi connectivity index (χ2v) is 4.53. The van der Waals surface area contributed by atoms with Crippen LogP contribution < -0.4 is 0 Å². The minimum atomic E-state index is -0.345. The first-order valence-electron chi connectivity index (χ1n) is 6.01. The van der Waals surface area contributed by atoms with E-state index in [2.05, 4.69) is 18.6 Å². The average Bonchev–Trinajstić information content (AvgIpc) is 2.35. The van der Waals surface area contributed by atoms with Gasteiger partial charge in [0.25, 0.3) is 0 Å². The zero-order valence-corrected chi connectivity index (χ0v) is 11.4. The summed E-state index contributed by atoms with van der Waals surface area (Å²) in [6.45, 7) is 4.32. The number of hydrogen-bond donors (Lipinski definition) is 0. The van der Waals surface area contributed by atoms with Gasteiger partial charge in [0.1, 0.15) is 0 Å². The summed E-state index contributed by atoms with van der Waals surface area (Å²) in [6, 6.07) is 5.42. The van der Waals surface area contributed by atoms with Gasteiger partial charge in [-0.15, -0.1) is 0 Å². The molecule has 0 aliphatic carbocycles. The Labute approximate surface area is 108 Å². The molecule has 0 amide bonds. The quantitative estimate of drug-likeness (QED) is 0.727. The number of carbonyl (C=O) groups is 1. The number of methoxy groups -OCH3 is 1. The van der Waals surface area contributed by atoms with E-state index < -0.39 is 0 Å². The third-order valence-corrected chi connectivity index (χ3v) is 3.32. The van der Waals surface area contributed by atoms with Crippen LogP contribution >= 0.6 is 11.6 Å². The van der Waals surface area contributed by atoms with E-state index in [-0.39, 0.29) is 5.97 Å². The van der Waals surface area contributed by atoms with Crippen molar-refractivity contribution >= 4 is 17.6 Å². The second-order valence-electron chi connectivity index (χ2n) is 4.12. The number of esters is 1. The van der Waals surface area contributed by atoms with Gasteiger partial charge in [0.2, 0.25) is 0 Å². The van der Waals surface area contributed by atoms with Gasteiger partial charge in [-0.2, -0.15) is 0 Å². The van der Waals surface area contributed by atoms with Crippen LogP contribution in [-0.2, 0) is 4.74 Å². The van der Waals surface area contributed by atoms with Crippen molar-refractivity contribution in [1.82, 2.24) is 0 Å². The van der Waals surface area contributed by atoms with Gasteiger partial charge in [-0.05, 0) is 36.5 Å². The van der Waals surface area contributed by atoms with Gasteiger partial charge < -0.3 is 4.74 Å². The zero-order chi connectivity index (χ0) is 12.8. The summed E-state index contributed by atoms with van der Waals surface area (Å²) in [6.07, 6.45) is 3.31. The number of hydrogen-bond acceptors (Lipinski definition) is 2. The molecule has 0 N–H and O–H groups in total. The van der Waals surface area contributed by atoms with Crippen molar-refractivity contribution < 1.29 is 9.53 Å². The second kappa shape index (κ2) is 6.65. The third-order valence-electron chi connectivity index (χ3n) is 2.99. The predicted octanol–water partition coefficient (Wildman–Crippen LogP) is 4.42. The molecule has 1 unspecified atom stereocenters. The largest absolute Gasteiger partial charge is 0.465 e. The Kier molecular flexibility index (Phi) is 5.49. The van der Waals surface area contributed by atoms with Crippen LogP contribution in [0.3, 0.4) is 0 Å². The lowest BCUT2D eigenvalue weighted by molar-refractivity contribution is 0.0600. The fourth-order valence-corrected chi connectivity index (χ4v) is 2.37. The Hall–Kier alpha value is -1.02. The third kappa shape index (κ3) is 3.47. The molecule has 0 bridgehead atoms. The first kappa shape index (κ1) is 14.0. The maximum atomic E-state index is 11.4. The van der Waals surface area contributed by atoms with Gasteiger partial charge in [-0.1, -0.05) is 37.9 Å². The maximum absolute atomic E-state index is 11.4. The number of rotatable bonds is 5. The standard InChI is InChI=1S/C14H19ClO2/c1-4-6-10(5-2)12-8-7-11(9-13(12)15)14(16)17-3/h7-10H,4-6H2,1-3H3. The van der Waals surface area contributed by atoms with Gasteiger partial charge in [0, 0.05) is 5.02 Å². The normalized spacial score (nSPS) is 12.2. The molecule has 2 nitrogen and oxygen atoms in total. The van der Waals surface area contributed by atoms with E-state index in [4.69, 9.17) is 11.6 Å². The highest BCUT2D eigenvalue weighted by Crippen LogP contribution is 2.31. The molecule has 0 aliphatic heterocycles. The van der Waals surface area contributed by atoms with Gasteiger partial charge in [-0.3, -0.25) is 0 Å². The molecule has 0 aliphatic rings. The summed E-state index contributed by atoms with van der Waals surface area (Å²) in [4.78, 5) is 11.4. The molecule has 0 saturated heterocycles. The summed E-state index contributed by atoms with van der Waals surface area (Å²) in [7, 11) is 1.37. The minimum Gasteiger partial charge on any atom is -0.465 e. The minimum absolute atomic E-state index is 0.345. The van der Waals surface area contributed by atoms with E-state index in [1.807, 2.05) is 6.07 Å². The molecule has 3 heteroatoms. The molecule has 1 rings (SSSR count). The molecule has 1 aromatic rings. The van der Waals surface area contributed by atoms with Crippen molar-refractivity contribution in [1.29, 1.82) is 0 Å². The van der Waals surface area contributed by atoms with Crippen molar-refractivity contribution in [3.05, 3.63) is 34.3 Å². The number of halogens is 1. The highest BCUT2D eigenvalue weighted by atomic mass is 35.5. The molecule has 0 aromatic heterocycles. The summed E-state index contributed by atoms with van der Waals surface area (Å²) >= 11 is 6.23. The van der Waals surface area contributed by atoms with Gasteiger partial charge in [-0.25, -0.2) is 4.79 Å². The molecule has 0 fully saturated rings.